The molecule has 5 nitrogen and oxygen atoms in total. The molecule has 2 atom stereocenters. The van der Waals surface area contributed by atoms with E-state index in [4.69, 9.17) is 0 Å². The molecular formula is C25H29F2N3O2. The van der Waals surface area contributed by atoms with Crippen molar-refractivity contribution in [1.29, 1.82) is 5.26 Å². The molecule has 2 aromatic rings. The van der Waals surface area contributed by atoms with Gasteiger partial charge in [0.1, 0.15) is 11.6 Å². The monoisotopic (exact) mass is 441 g/mol. The van der Waals surface area contributed by atoms with Gasteiger partial charge in [-0.3, -0.25) is 4.79 Å². The number of nitrogens with one attached hydrogen (secondary N) is 2. The molecular weight excluding hydrogens is 412 g/mol. The van der Waals surface area contributed by atoms with Gasteiger partial charge < -0.3 is 15.7 Å². The molecule has 1 amide bonds. The van der Waals surface area contributed by atoms with Gasteiger partial charge in [0.25, 0.3) is 0 Å². The molecule has 3 N–H and O–H groups in total. The summed E-state index contributed by atoms with van der Waals surface area (Å²) in [5, 5.41) is 26.4. The average molecular weight is 442 g/mol. The highest BCUT2D eigenvalue weighted by Crippen LogP contribution is 2.37. The molecule has 1 aliphatic carbocycles. The maximum atomic E-state index is 13.6. The Kier molecular flexibility index (Phi) is 7.94. The van der Waals surface area contributed by atoms with Gasteiger partial charge in [0.05, 0.1) is 23.8 Å². The average Bonchev–Trinajstić information content (AvgIpc) is 2.76. The highest BCUT2D eigenvalue weighted by Gasteiger charge is 2.35. The van der Waals surface area contributed by atoms with Crippen LogP contribution < -0.4 is 10.6 Å². The highest BCUT2D eigenvalue weighted by molar-refractivity contribution is 5.73. The van der Waals surface area contributed by atoms with Crippen molar-refractivity contribution in [2.24, 2.45) is 0 Å². The van der Waals surface area contributed by atoms with Gasteiger partial charge in [-0.25, -0.2) is 8.78 Å². The molecule has 0 spiro atoms. The van der Waals surface area contributed by atoms with Crippen LogP contribution in [-0.2, 0) is 16.8 Å². The molecule has 0 aliphatic heterocycles. The fourth-order valence-electron chi connectivity index (χ4n) is 4.58. The van der Waals surface area contributed by atoms with E-state index in [0.717, 1.165) is 43.7 Å². The number of carbonyl (C=O) groups is 1. The first kappa shape index (κ1) is 23.8. The van der Waals surface area contributed by atoms with E-state index in [1.165, 1.54) is 19.1 Å². The largest absolute Gasteiger partial charge is 0.390 e. The summed E-state index contributed by atoms with van der Waals surface area (Å²) in [6, 6.07) is 12.2. The molecule has 7 heteroatoms. The first-order valence-corrected chi connectivity index (χ1v) is 11.0. The second-order valence-corrected chi connectivity index (χ2v) is 8.57. The number of amides is 1. The van der Waals surface area contributed by atoms with E-state index >= 15 is 0 Å². The number of benzene rings is 2. The molecule has 170 valence electrons. The van der Waals surface area contributed by atoms with Crippen molar-refractivity contribution in [2.45, 2.75) is 63.1 Å². The number of halogens is 2. The van der Waals surface area contributed by atoms with E-state index in [0.29, 0.717) is 11.1 Å². The molecule has 0 bridgehead atoms. The number of nitrogens with zero attached hydrogens (tertiary/aromatic N) is 1. The van der Waals surface area contributed by atoms with Crippen molar-refractivity contribution < 1.29 is 18.7 Å². The number of hydrogen-bond acceptors (Lipinski definition) is 4. The van der Waals surface area contributed by atoms with Gasteiger partial charge in [0, 0.05) is 25.1 Å². The summed E-state index contributed by atoms with van der Waals surface area (Å²) < 4.78 is 27.2. The van der Waals surface area contributed by atoms with Crippen LogP contribution in [0.25, 0.3) is 0 Å². The van der Waals surface area contributed by atoms with Crippen LogP contribution in [0.5, 0.6) is 0 Å². The number of rotatable bonds is 8. The lowest BCUT2D eigenvalue weighted by Crippen LogP contribution is -2.53. The molecule has 1 fully saturated rings. The third-order valence-electron chi connectivity index (χ3n) is 6.13. The fourth-order valence-corrected chi connectivity index (χ4v) is 4.58. The van der Waals surface area contributed by atoms with Crippen LogP contribution in [0.4, 0.5) is 8.78 Å². The van der Waals surface area contributed by atoms with Crippen molar-refractivity contribution in [3.05, 3.63) is 70.8 Å². The van der Waals surface area contributed by atoms with Crippen LogP contribution in [0.15, 0.2) is 42.5 Å². The van der Waals surface area contributed by atoms with Crippen LogP contribution in [0.2, 0.25) is 0 Å². The molecule has 0 radical (unpaired) electrons. The Labute approximate surface area is 187 Å². The van der Waals surface area contributed by atoms with Crippen molar-refractivity contribution in [2.75, 3.05) is 6.54 Å². The summed E-state index contributed by atoms with van der Waals surface area (Å²) in [4.78, 5) is 11.7. The number of hydrogen-bond donors (Lipinski definition) is 3. The summed E-state index contributed by atoms with van der Waals surface area (Å²) in [7, 11) is 0. The zero-order chi connectivity index (χ0) is 23.1. The lowest BCUT2D eigenvalue weighted by molar-refractivity contribution is -0.120. The Bertz CT molecular complexity index is 963. The Morgan fingerprint density at radius 1 is 1.16 bits per heavy atom. The minimum atomic E-state index is -0.983. The topological polar surface area (TPSA) is 85.2 Å². The second-order valence-electron chi connectivity index (χ2n) is 8.57. The molecule has 1 saturated carbocycles. The highest BCUT2D eigenvalue weighted by atomic mass is 19.1. The summed E-state index contributed by atoms with van der Waals surface area (Å²) >= 11 is 0. The molecule has 3 rings (SSSR count). The molecule has 0 saturated heterocycles. The molecule has 32 heavy (non-hydrogen) atoms. The molecule has 0 heterocycles. The zero-order valence-electron chi connectivity index (χ0n) is 18.2. The van der Waals surface area contributed by atoms with E-state index in [-0.39, 0.29) is 24.4 Å². The van der Waals surface area contributed by atoms with Crippen LogP contribution in [0, 0.1) is 23.0 Å². The van der Waals surface area contributed by atoms with Gasteiger partial charge in [0.2, 0.25) is 5.91 Å². The summed E-state index contributed by atoms with van der Waals surface area (Å²) in [5.41, 5.74) is 1.57. The van der Waals surface area contributed by atoms with E-state index in [1.54, 1.807) is 6.07 Å². The van der Waals surface area contributed by atoms with Crippen molar-refractivity contribution in [3.8, 4) is 6.07 Å². The predicted molar refractivity (Wildman–Crippen MR) is 118 cm³/mol. The predicted octanol–water partition coefficient (Wildman–Crippen LogP) is 3.69. The Morgan fingerprint density at radius 2 is 1.84 bits per heavy atom. The van der Waals surface area contributed by atoms with E-state index in [1.807, 2.05) is 18.2 Å². The SMILES string of the molecule is CC(=O)N[C@@H](Cc1cc(F)cc(F)c1)[C@H](O)CNC1(c2cccc(C#N)c2)CCCCC1. The summed E-state index contributed by atoms with van der Waals surface area (Å²) in [6.07, 6.45) is 4.03. The van der Waals surface area contributed by atoms with Crippen LogP contribution in [0.3, 0.4) is 0 Å². The Morgan fingerprint density at radius 3 is 2.47 bits per heavy atom. The third kappa shape index (κ3) is 6.12. The van der Waals surface area contributed by atoms with Gasteiger partial charge in [-0.2, -0.15) is 5.26 Å². The molecule has 0 unspecified atom stereocenters. The molecule has 0 aromatic heterocycles. The molecule has 1 aliphatic rings. The lowest BCUT2D eigenvalue weighted by atomic mass is 9.76. The minimum Gasteiger partial charge on any atom is -0.390 e. The Hall–Kier alpha value is -2.82. The lowest BCUT2D eigenvalue weighted by Gasteiger charge is -2.40. The minimum absolute atomic E-state index is 0.0913. The van der Waals surface area contributed by atoms with Crippen molar-refractivity contribution in [1.82, 2.24) is 10.6 Å². The second kappa shape index (κ2) is 10.7. The van der Waals surface area contributed by atoms with Gasteiger partial charge in [-0.05, 0) is 54.7 Å². The smallest absolute Gasteiger partial charge is 0.217 e. The van der Waals surface area contributed by atoms with Crippen LogP contribution >= 0.6 is 0 Å². The number of aliphatic hydroxyl groups is 1. The Balaban J connectivity index is 1.78. The van der Waals surface area contributed by atoms with Crippen LogP contribution in [0.1, 0.15) is 55.7 Å². The standard InChI is InChI=1S/C25H29F2N3O2/c1-17(31)30-23(13-19-11-21(26)14-22(27)12-19)24(32)16-29-25(8-3-2-4-9-25)20-7-5-6-18(10-20)15-28/h5-7,10-12,14,23-24,29,32H,2-4,8-9,13,16H2,1H3,(H,30,31)/t23-,24+/m0/s1. The van der Waals surface area contributed by atoms with Gasteiger partial charge >= 0.3 is 0 Å². The fraction of sp³-hybridized carbons (Fsp3) is 0.440. The van der Waals surface area contributed by atoms with Gasteiger partial charge in [0.15, 0.2) is 0 Å². The van der Waals surface area contributed by atoms with Crippen LogP contribution in [-0.4, -0.2) is 29.7 Å². The zero-order valence-corrected chi connectivity index (χ0v) is 18.2. The molecule has 2 aromatic carbocycles. The normalized spacial score (nSPS) is 17.2. The van der Waals surface area contributed by atoms with Crippen molar-refractivity contribution >= 4 is 5.91 Å². The first-order valence-electron chi connectivity index (χ1n) is 11.0. The third-order valence-corrected chi connectivity index (χ3v) is 6.13. The van der Waals surface area contributed by atoms with E-state index < -0.39 is 23.8 Å². The maximum absolute atomic E-state index is 13.6. The number of carbonyl (C=O) groups excluding carboxylic acids is 1. The van der Waals surface area contributed by atoms with Gasteiger partial charge in [-0.15, -0.1) is 0 Å². The van der Waals surface area contributed by atoms with E-state index in [9.17, 15) is 23.9 Å². The number of nitriles is 1. The maximum Gasteiger partial charge on any atom is 0.217 e. The van der Waals surface area contributed by atoms with Gasteiger partial charge in [-0.1, -0.05) is 31.4 Å². The van der Waals surface area contributed by atoms with E-state index in [2.05, 4.69) is 16.7 Å². The van der Waals surface area contributed by atoms with Crippen molar-refractivity contribution in [3.63, 3.8) is 0 Å². The summed E-state index contributed by atoms with van der Waals surface area (Å²) in [5.74, 6) is -1.74. The first-order chi connectivity index (χ1) is 15.3. The summed E-state index contributed by atoms with van der Waals surface area (Å²) in [6.45, 7) is 1.52. The number of aliphatic hydroxyl groups excluding tert-OH is 1. The quantitative estimate of drug-likeness (QED) is 0.583.